The summed E-state index contributed by atoms with van der Waals surface area (Å²) in [5, 5.41) is 5.04. The fourth-order valence-electron chi connectivity index (χ4n) is 3.07. The highest BCUT2D eigenvalue weighted by atomic mass is 32.1. The number of carbonyl (C=O) groups is 1. The van der Waals surface area contributed by atoms with Crippen LogP contribution in [0.15, 0.2) is 35.7 Å². The van der Waals surface area contributed by atoms with Gasteiger partial charge in [0.15, 0.2) is 11.5 Å². The summed E-state index contributed by atoms with van der Waals surface area (Å²) in [6.45, 7) is 1.84. The summed E-state index contributed by atoms with van der Waals surface area (Å²) >= 11 is 1.74. The van der Waals surface area contributed by atoms with Gasteiger partial charge in [-0.15, -0.1) is 11.3 Å². The van der Waals surface area contributed by atoms with Crippen molar-refractivity contribution in [3.8, 4) is 11.5 Å². The number of aryl methyl sites for hydroxylation is 1. The van der Waals surface area contributed by atoms with Gasteiger partial charge in [-0.1, -0.05) is 12.1 Å². The third-order valence-corrected chi connectivity index (χ3v) is 5.51. The zero-order valence-corrected chi connectivity index (χ0v) is 16.6. The van der Waals surface area contributed by atoms with Crippen molar-refractivity contribution >= 4 is 17.2 Å². The number of carbonyl (C=O) groups excluding carboxylic acids is 1. The lowest BCUT2D eigenvalue weighted by Gasteiger charge is -2.15. The van der Waals surface area contributed by atoms with E-state index < -0.39 is 0 Å². The van der Waals surface area contributed by atoms with Crippen LogP contribution < -0.4 is 14.8 Å². The predicted octanol–water partition coefficient (Wildman–Crippen LogP) is 3.95. The van der Waals surface area contributed by atoms with Crippen molar-refractivity contribution in [3.63, 3.8) is 0 Å². The van der Waals surface area contributed by atoms with Gasteiger partial charge in [0.05, 0.1) is 13.2 Å². The predicted molar refractivity (Wildman–Crippen MR) is 107 cm³/mol. The molecule has 6 heteroatoms. The maximum absolute atomic E-state index is 12.0. The minimum atomic E-state index is 0.0734. The smallest absolute Gasteiger partial charge is 0.220 e. The molecule has 3 rings (SSSR count). The van der Waals surface area contributed by atoms with Crippen molar-refractivity contribution in [2.24, 2.45) is 0 Å². The number of hydrogen-bond donors (Lipinski definition) is 1. The average Bonchev–Trinajstić information content (AvgIpc) is 3.39. The van der Waals surface area contributed by atoms with E-state index in [9.17, 15) is 4.79 Å². The van der Waals surface area contributed by atoms with E-state index in [0.29, 0.717) is 31.1 Å². The van der Waals surface area contributed by atoms with E-state index in [2.05, 4.69) is 16.8 Å². The molecule has 5 nitrogen and oxygen atoms in total. The fraction of sp³-hybridized carbons (Fsp3) is 0.476. The van der Waals surface area contributed by atoms with Crippen LogP contribution in [0.2, 0.25) is 0 Å². The summed E-state index contributed by atoms with van der Waals surface area (Å²) in [6.07, 6.45) is 4.66. The number of benzene rings is 1. The van der Waals surface area contributed by atoms with Crippen LogP contribution in [0.1, 0.15) is 36.1 Å². The third-order valence-electron chi connectivity index (χ3n) is 4.57. The van der Waals surface area contributed by atoms with E-state index in [1.807, 2.05) is 24.3 Å². The number of methoxy groups -OCH3 is 1. The summed E-state index contributed by atoms with van der Waals surface area (Å²) in [5.74, 6) is 1.46. The van der Waals surface area contributed by atoms with Gasteiger partial charge in [0.25, 0.3) is 0 Å². The average molecular weight is 390 g/mol. The molecule has 0 spiro atoms. The summed E-state index contributed by atoms with van der Waals surface area (Å²) in [6, 6.07) is 9.92. The molecule has 1 amide bonds. The second kappa shape index (κ2) is 10.3. The standard InChI is InChI=1S/C21H27NO4S/c1-24-20-13-16(9-10-19(20)26-15-17-5-3-11-25-17)14-22-21(23)8-2-6-18-7-4-12-27-18/h4,7,9-10,12-13,17H,2-3,5-6,8,11,14-15H2,1H3,(H,22,23)/t17-/m1/s1. The molecule has 0 saturated carbocycles. The molecule has 1 aromatic carbocycles. The molecule has 1 fully saturated rings. The van der Waals surface area contributed by atoms with Crippen molar-refractivity contribution < 1.29 is 19.0 Å². The summed E-state index contributed by atoms with van der Waals surface area (Å²) < 4.78 is 16.9. The molecule has 0 bridgehead atoms. The molecule has 1 atom stereocenters. The lowest BCUT2D eigenvalue weighted by molar-refractivity contribution is -0.121. The normalized spacial score (nSPS) is 16.3. The molecule has 1 N–H and O–H groups in total. The highest BCUT2D eigenvalue weighted by Crippen LogP contribution is 2.29. The molecule has 1 saturated heterocycles. The molecule has 2 heterocycles. The van der Waals surface area contributed by atoms with Gasteiger partial charge in [0, 0.05) is 24.4 Å². The molecule has 1 aliphatic heterocycles. The second-order valence-corrected chi connectivity index (χ2v) is 7.67. The van der Waals surface area contributed by atoms with Gasteiger partial charge in [0.1, 0.15) is 6.61 Å². The van der Waals surface area contributed by atoms with Gasteiger partial charge < -0.3 is 19.5 Å². The minimum absolute atomic E-state index is 0.0734. The Morgan fingerprint density at radius 1 is 1.33 bits per heavy atom. The Labute approximate surface area is 164 Å². The van der Waals surface area contributed by atoms with E-state index in [4.69, 9.17) is 14.2 Å². The first-order valence-electron chi connectivity index (χ1n) is 9.45. The van der Waals surface area contributed by atoms with E-state index in [1.54, 1.807) is 18.4 Å². The Morgan fingerprint density at radius 2 is 2.26 bits per heavy atom. The number of hydrogen-bond acceptors (Lipinski definition) is 5. The first-order valence-corrected chi connectivity index (χ1v) is 10.3. The van der Waals surface area contributed by atoms with Crippen molar-refractivity contribution in [1.82, 2.24) is 5.32 Å². The summed E-state index contributed by atoms with van der Waals surface area (Å²) in [7, 11) is 1.63. The number of amides is 1. The van der Waals surface area contributed by atoms with Gasteiger partial charge in [-0.2, -0.15) is 0 Å². The third kappa shape index (κ3) is 6.26. The Bertz CT molecular complexity index is 711. The van der Waals surface area contributed by atoms with Gasteiger partial charge in [-0.25, -0.2) is 0 Å². The Hall–Kier alpha value is -2.05. The Morgan fingerprint density at radius 3 is 3.00 bits per heavy atom. The number of nitrogens with one attached hydrogen (secondary N) is 1. The number of ether oxygens (including phenoxy) is 3. The molecule has 1 aliphatic rings. The highest BCUT2D eigenvalue weighted by molar-refractivity contribution is 7.09. The second-order valence-electron chi connectivity index (χ2n) is 6.64. The maximum atomic E-state index is 12.0. The number of thiophene rings is 1. The van der Waals surface area contributed by atoms with Crippen LogP contribution in [-0.4, -0.2) is 32.3 Å². The molecular weight excluding hydrogens is 362 g/mol. The Kier molecular flexibility index (Phi) is 7.54. The lowest BCUT2D eigenvalue weighted by Crippen LogP contribution is -2.22. The van der Waals surface area contributed by atoms with Crippen LogP contribution in [0, 0.1) is 0 Å². The van der Waals surface area contributed by atoms with Crippen molar-refractivity contribution in [1.29, 1.82) is 0 Å². The molecule has 0 aliphatic carbocycles. The van der Waals surface area contributed by atoms with Crippen molar-refractivity contribution in [2.75, 3.05) is 20.3 Å². The zero-order valence-electron chi connectivity index (χ0n) is 15.7. The largest absolute Gasteiger partial charge is 0.493 e. The van der Waals surface area contributed by atoms with E-state index in [-0.39, 0.29) is 12.0 Å². The van der Waals surface area contributed by atoms with E-state index in [1.165, 1.54) is 4.88 Å². The van der Waals surface area contributed by atoms with Gasteiger partial charge >= 0.3 is 0 Å². The number of rotatable bonds is 10. The molecule has 0 radical (unpaired) electrons. The fourth-order valence-corrected chi connectivity index (χ4v) is 3.82. The summed E-state index contributed by atoms with van der Waals surface area (Å²) in [4.78, 5) is 13.4. The van der Waals surface area contributed by atoms with Crippen LogP contribution >= 0.6 is 11.3 Å². The zero-order chi connectivity index (χ0) is 18.9. The van der Waals surface area contributed by atoms with E-state index in [0.717, 1.165) is 37.9 Å². The van der Waals surface area contributed by atoms with Crippen LogP contribution in [0.4, 0.5) is 0 Å². The van der Waals surface area contributed by atoms with Gasteiger partial charge in [-0.3, -0.25) is 4.79 Å². The molecular formula is C21H27NO4S. The Balaban J connectivity index is 1.42. The SMILES string of the molecule is COc1cc(CNC(=O)CCCc2cccs2)ccc1OC[C@H]1CCCO1. The first kappa shape index (κ1) is 19.7. The molecule has 2 aromatic rings. The quantitative estimate of drug-likeness (QED) is 0.668. The van der Waals surface area contributed by atoms with Crippen LogP contribution in [0.3, 0.4) is 0 Å². The first-order chi connectivity index (χ1) is 13.2. The van der Waals surface area contributed by atoms with Gasteiger partial charge in [0.2, 0.25) is 5.91 Å². The lowest BCUT2D eigenvalue weighted by atomic mass is 10.1. The van der Waals surface area contributed by atoms with Crippen molar-refractivity contribution in [2.45, 2.75) is 44.8 Å². The highest BCUT2D eigenvalue weighted by Gasteiger charge is 2.17. The molecule has 0 unspecified atom stereocenters. The van der Waals surface area contributed by atoms with Gasteiger partial charge in [-0.05, 0) is 54.8 Å². The maximum Gasteiger partial charge on any atom is 0.220 e. The van der Waals surface area contributed by atoms with Crippen molar-refractivity contribution in [3.05, 3.63) is 46.2 Å². The topological polar surface area (TPSA) is 56.8 Å². The minimum Gasteiger partial charge on any atom is -0.493 e. The molecule has 146 valence electrons. The molecule has 27 heavy (non-hydrogen) atoms. The summed E-state index contributed by atoms with van der Waals surface area (Å²) in [5.41, 5.74) is 0.989. The van der Waals surface area contributed by atoms with Crippen LogP contribution in [-0.2, 0) is 22.5 Å². The monoisotopic (exact) mass is 389 g/mol. The van der Waals surface area contributed by atoms with Crippen LogP contribution in [0.5, 0.6) is 11.5 Å². The van der Waals surface area contributed by atoms with E-state index >= 15 is 0 Å². The van der Waals surface area contributed by atoms with Crippen LogP contribution in [0.25, 0.3) is 0 Å². The molecule has 1 aromatic heterocycles.